The van der Waals surface area contributed by atoms with Crippen molar-refractivity contribution in [3.63, 3.8) is 0 Å². The molecule has 1 saturated heterocycles. The number of carboxylic acid groups (broad SMARTS) is 1. The first-order valence-electron chi connectivity index (χ1n) is 6.18. The van der Waals surface area contributed by atoms with Gasteiger partial charge >= 0.3 is 12.0 Å². The predicted octanol–water partition coefficient (Wildman–Crippen LogP) is 0.489. The largest absolute Gasteiger partial charge is 0.480 e. The Kier molecular flexibility index (Phi) is 4.56. The standard InChI is InChI=1S/C12H23N3O3/c1-12(2,3)9(10(16)17)14-11(18)13-8-5-6-15(4)7-8/h8-9H,5-7H2,1-4H3,(H,16,17)(H2,13,14,18)/t8?,9-/m0/s1. The maximum atomic E-state index is 11.8. The van der Waals surface area contributed by atoms with Crippen LogP contribution in [0.25, 0.3) is 0 Å². The average molecular weight is 257 g/mol. The number of nitrogens with one attached hydrogen (secondary N) is 2. The number of hydrogen-bond donors (Lipinski definition) is 3. The summed E-state index contributed by atoms with van der Waals surface area (Å²) in [4.78, 5) is 25.0. The zero-order valence-corrected chi connectivity index (χ0v) is 11.5. The lowest BCUT2D eigenvalue weighted by molar-refractivity contribution is -0.141. The van der Waals surface area contributed by atoms with Crippen molar-refractivity contribution in [2.24, 2.45) is 5.41 Å². The molecule has 2 amide bonds. The molecule has 2 atom stereocenters. The van der Waals surface area contributed by atoms with E-state index in [0.29, 0.717) is 0 Å². The Morgan fingerprint density at radius 3 is 2.39 bits per heavy atom. The third-order valence-corrected chi connectivity index (χ3v) is 3.11. The number of urea groups is 1. The lowest BCUT2D eigenvalue weighted by Crippen LogP contribution is -2.54. The van der Waals surface area contributed by atoms with Gasteiger partial charge in [-0.25, -0.2) is 9.59 Å². The van der Waals surface area contributed by atoms with Gasteiger partial charge in [-0.2, -0.15) is 0 Å². The van der Waals surface area contributed by atoms with Crippen LogP contribution in [-0.4, -0.2) is 54.2 Å². The third kappa shape index (κ3) is 4.18. The summed E-state index contributed by atoms with van der Waals surface area (Å²) in [6.45, 7) is 7.12. The van der Waals surface area contributed by atoms with Crippen LogP contribution in [0.2, 0.25) is 0 Å². The van der Waals surface area contributed by atoms with Crippen molar-refractivity contribution >= 4 is 12.0 Å². The molecule has 3 N–H and O–H groups in total. The summed E-state index contributed by atoms with van der Waals surface area (Å²) in [6.07, 6.45) is 0.900. The molecule has 0 radical (unpaired) electrons. The SMILES string of the molecule is CN1CCC(NC(=O)N[C@@H](C(=O)O)C(C)(C)C)C1. The number of carboxylic acids is 1. The smallest absolute Gasteiger partial charge is 0.326 e. The summed E-state index contributed by atoms with van der Waals surface area (Å²) in [5.74, 6) is -1.01. The highest BCUT2D eigenvalue weighted by molar-refractivity contribution is 5.83. The van der Waals surface area contributed by atoms with E-state index in [0.717, 1.165) is 19.5 Å². The van der Waals surface area contributed by atoms with Crippen molar-refractivity contribution in [2.75, 3.05) is 20.1 Å². The molecule has 1 unspecified atom stereocenters. The fourth-order valence-corrected chi connectivity index (χ4v) is 2.06. The maximum absolute atomic E-state index is 11.8. The topological polar surface area (TPSA) is 81.7 Å². The van der Waals surface area contributed by atoms with Gasteiger partial charge < -0.3 is 20.6 Å². The van der Waals surface area contributed by atoms with Crippen molar-refractivity contribution in [2.45, 2.75) is 39.3 Å². The summed E-state index contributed by atoms with van der Waals surface area (Å²) in [7, 11) is 1.99. The minimum absolute atomic E-state index is 0.101. The van der Waals surface area contributed by atoms with Crippen LogP contribution in [0.4, 0.5) is 4.79 Å². The number of amides is 2. The van der Waals surface area contributed by atoms with E-state index in [9.17, 15) is 9.59 Å². The van der Waals surface area contributed by atoms with Crippen LogP contribution in [0.3, 0.4) is 0 Å². The van der Waals surface area contributed by atoms with Crippen LogP contribution in [0.1, 0.15) is 27.2 Å². The van der Waals surface area contributed by atoms with Crippen LogP contribution < -0.4 is 10.6 Å². The van der Waals surface area contributed by atoms with E-state index in [1.54, 1.807) is 20.8 Å². The third-order valence-electron chi connectivity index (χ3n) is 3.11. The molecule has 0 aliphatic carbocycles. The summed E-state index contributed by atoms with van der Waals surface area (Å²) in [5.41, 5.74) is -0.518. The Labute approximate surface area is 108 Å². The molecule has 6 heteroatoms. The average Bonchev–Trinajstić information content (AvgIpc) is 2.58. The first kappa shape index (κ1) is 14.8. The molecule has 1 fully saturated rings. The first-order chi connectivity index (χ1) is 8.20. The summed E-state index contributed by atoms with van der Waals surface area (Å²) in [6, 6.07) is -1.20. The quantitative estimate of drug-likeness (QED) is 0.687. The highest BCUT2D eigenvalue weighted by Gasteiger charge is 2.33. The van der Waals surface area contributed by atoms with Crippen LogP contribution in [0.15, 0.2) is 0 Å². The maximum Gasteiger partial charge on any atom is 0.326 e. The van der Waals surface area contributed by atoms with E-state index in [4.69, 9.17) is 5.11 Å². The van der Waals surface area contributed by atoms with Gasteiger partial charge in [0.05, 0.1) is 0 Å². The van der Waals surface area contributed by atoms with E-state index in [2.05, 4.69) is 15.5 Å². The molecule has 1 rings (SSSR count). The molecule has 1 aliphatic rings. The second kappa shape index (κ2) is 5.56. The van der Waals surface area contributed by atoms with E-state index in [1.807, 2.05) is 7.05 Å². The number of carbonyl (C=O) groups excluding carboxylic acids is 1. The van der Waals surface area contributed by atoms with Crippen molar-refractivity contribution < 1.29 is 14.7 Å². The normalized spacial score (nSPS) is 22.6. The molecule has 18 heavy (non-hydrogen) atoms. The molecule has 0 aromatic heterocycles. The van der Waals surface area contributed by atoms with Gasteiger partial charge in [-0.05, 0) is 25.4 Å². The van der Waals surface area contributed by atoms with Crippen molar-refractivity contribution in [1.82, 2.24) is 15.5 Å². The molecule has 0 aromatic rings. The molecule has 0 bridgehead atoms. The number of aliphatic carboxylic acids is 1. The Morgan fingerprint density at radius 1 is 1.39 bits per heavy atom. The lowest BCUT2D eigenvalue weighted by Gasteiger charge is -2.28. The van der Waals surface area contributed by atoms with Crippen LogP contribution in [0, 0.1) is 5.41 Å². The Bertz CT molecular complexity index is 325. The van der Waals surface area contributed by atoms with Crippen molar-refractivity contribution in [3.8, 4) is 0 Å². The molecule has 0 saturated carbocycles. The second-order valence-electron chi connectivity index (χ2n) is 6.00. The van der Waals surface area contributed by atoms with Gasteiger partial charge in [0, 0.05) is 12.6 Å². The van der Waals surface area contributed by atoms with Gasteiger partial charge in [-0.3, -0.25) is 0 Å². The number of hydrogen-bond acceptors (Lipinski definition) is 3. The molecular formula is C12H23N3O3. The van der Waals surface area contributed by atoms with Gasteiger partial charge in [0.2, 0.25) is 0 Å². The fourth-order valence-electron chi connectivity index (χ4n) is 2.06. The minimum Gasteiger partial charge on any atom is -0.480 e. The van der Waals surface area contributed by atoms with Gasteiger partial charge in [-0.1, -0.05) is 20.8 Å². The Balaban J connectivity index is 2.49. The highest BCUT2D eigenvalue weighted by Crippen LogP contribution is 2.19. The molecule has 0 spiro atoms. The van der Waals surface area contributed by atoms with Gasteiger partial charge in [0.1, 0.15) is 6.04 Å². The van der Waals surface area contributed by atoms with E-state index >= 15 is 0 Å². The molecular weight excluding hydrogens is 234 g/mol. The number of nitrogens with zero attached hydrogens (tertiary/aromatic N) is 1. The summed E-state index contributed by atoms with van der Waals surface area (Å²) < 4.78 is 0. The van der Waals surface area contributed by atoms with Crippen LogP contribution in [0.5, 0.6) is 0 Å². The van der Waals surface area contributed by atoms with Gasteiger partial charge in [0.15, 0.2) is 0 Å². The van der Waals surface area contributed by atoms with Crippen LogP contribution in [-0.2, 0) is 4.79 Å². The second-order valence-corrected chi connectivity index (χ2v) is 6.00. The molecule has 1 heterocycles. The first-order valence-corrected chi connectivity index (χ1v) is 6.18. The van der Waals surface area contributed by atoms with E-state index in [-0.39, 0.29) is 6.04 Å². The summed E-state index contributed by atoms with van der Waals surface area (Å²) >= 11 is 0. The predicted molar refractivity (Wildman–Crippen MR) is 68.4 cm³/mol. The Morgan fingerprint density at radius 2 is 2.00 bits per heavy atom. The van der Waals surface area contributed by atoms with E-state index < -0.39 is 23.5 Å². The van der Waals surface area contributed by atoms with Gasteiger partial charge in [-0.15, -0.1) is 0 Å². The monoisotopic (exact) mass is 257 g/mol. The molecule has 104 valence electrons. The Hall–Kier alpha value is -1.30. The number of likely N-dealkylation sites (N-methyl/N-ethyl adjacent to an activating group) is 1. The molecule has 1 aliphatic heterocycles. The molecule has 6 nitrogen and oxygen atoms in total. The molecule has 0 aromatic carbocycles. The number of carbonyl (C=O) groups is 2. The number of likely N-dealkylation sites (tertiary alicyclic amines) is 1. The van der Waals surface area contributed by atoms with Crippen molar-refractivity contribution in [3.05, 3.63) is 0 Å². The zero-order valence-electron chi connectivity index (χ0n) is 11.5. The fraction of sp³-hybridized carbons (Fsp3) is 0.833. The summed E-state index contributed by atoms with van der Waals surface area (Å²) in [5, 5.41) is 14.5. The highest BCUT2D eigenvalue weighted by atomic mass is 16.4. The minimum atomic E-state index is -1.01. The number of rotatable bonds is 3. The van der Waals surface area contributed by atoms with Crippen LogP contribution >= 0.6 is 0 Å². The van der Waals surface area contributed by atoms with Gasteiger partial charge in [0.25, 0.3) is 0 Å². The lowest BCUT2D eigenvalue weighted by atomic mass is 9.87. The van der Waals surface area contributed by atoms with E-state index in [1.165, 1.54) is 0 Å². The van der Waals surface area contributed by atoms with Crippen molar-refractivity contribution in [1.29, 1.82) is 0 Å². The zero-order chi connectivity index (χ0) is 13.9.